The smallest absolute Gasteiger partial charge is 0.322 e. The number of carbonyl (C=O) groups excluding carboxylic acids is 1. The number of anilines is 1. The Balaban J connectivity index is 1.72. The lowest BCUT2D eigenvalue weighted by Crippen LogP contribution is -2.49. The minimum Gasteiger partial charge on any atom is -0.480 e. The Hall–Kier alpha value is -2.00. The molecule has 20 heavy (non-hydrogen) atoms. The quantitative estimate of drug-likeness (QED) is 0.709. The number of nitrogens with zero attached hydrogens (tertiary/aromatic N) is 4. The van der Waals surface area contributed by atoms with Gasteiger partial charge >= 0.3 is 12.0 Å². The Kier molecular flexibility index (Phi) is 4.64. The molecule has 0 spiro atoms. The van der Waals surface area contributed by atoms with Crippen LogP contribution < -0.4 is 5.32 Å². The standard InChI is InChI=1S/C11H17N5O4/c1-8-13-14-11(20-8)12-9(17)6-15-2-4-16(5-3-15)7-10(18)19/h2-7H2,1H3,(H,18,19)(H,12,14,17). The molecule has 0 aromatic carbocycles. The first-order valence-electron chi connectivity index (χ1n) is 6.29. The van der Waals surface area contributed by atoms with Gasteiger partial charge in [0, 0.05) is 33.1 Å². The lowest BCUT2D eigenvalue weighted by molar-refractivity contribution is -0.139. The van der Waals surface area contributed by atoms with Crippen molar-refractivity contribution in [1.29, 1.82) is 0 Å². The minimum atomic E-state index is -0.831. The van der Waals surface area contributed by atoms with Crippen LogP contribution >= 0.6 is 0 Å². The zero-order valence-corrected chi connectivity index (χ0v) is 11.2. The average molecular weight is 283 g/mol. The summed E-state index contributed by atoms with van der Waals surface area (Å²) < 4.78 is 5.06. The average Bonchev–Trinajstić information content (AvgIpc) is 2.76. The topological polar surface area (TPSA) is 112 Å². The largest absolute Gasteiger partial charge is 0.480 e. The van der Waals surface area contributed by atoms with Crippen molar-refractivity contribution in [3.63, 3.8) is 0 Å². The summed E-state index contributed by atoms with van der Waals surface area (Å²) in [6, 6.07) is 0.0945. The molecule has 2 N–H and O–H groups in total. The maximum atomic E-state index is 11.8. The highest BCUT2D eigenvalue weighted by molar-refractivity contribution is 5.90. The molecule has 1 saturated heterocycles. The summed E-state index contributed by atoms with van der Waals surface area (Å²) in [6.45, 7) is 4.50. The van der Waals surface area contributed by atoms with E-state index in [1.807, 2.05) is 9.80 Å². The number of hydrogen-bond acceptors (Lipinski definition) is 7. The van der Waals surface area contributed by atoms with Gasteiger partial charge in [-0.3, -0.25) is 24.7 Å². The van der Waals surface area contributed by atoms with E-state index in [4.69, 9.17) is 9.52 Å². The number of aromatic nitrogens is 2. The van der Waals surface area contributed by atoms with Crippen molar-refractivity contribution in [2.24, 2.45) is 0 Å². The van der Waals surface area contributed by atoms with Crippen LogP contribution in [0.3, 0.4) is 0 Å². The van der Waals surface area contributed by atoms with Crippen LogP contribution in [-0.4, -0.2) is 76.2 Å². The minimum absolute atomic E-state index is 0.0430. The predicted octanol–water partition coefficient (Wildman–Crippen LogP) is -0.981. The number of carbonyl (C=O) groups is 2. The molecule has 0 radical (unpaired) electrons. The Labute approximate surface area is 115 Å². The van der Waals surface area contributed by atoms with E-state index in [1.54, 1.807) is 6.92 Å². The molecule has 0 aliphatic carbocycles. The highest BCUT2D eigenvalue weighted by Gasteiger charge is 2.20. The second-order valence-corrected chi connectivity index (χ2v) is 4.62. The summed E-state index contributed by atoms with van der Waals surface area (Å²) in [5.41, 5.74) is 0. The molecule has 9 heteroatoms. The fourth-order valence-electron chi connectivity index (χ4n) is 2.01. The van der Waals surface area contributed by atoms with Gasteiger partial charge < -0.3 is 9.52 Å². The Morgan fingerprint density at radius 3 is 2.30 bits per heavy atom. The molecule has 110 valence electrons. The molecule has 2 rings (SSSR count). The van der Waals surface area contributed by atoms with Crippen LogP contribution in [0.4, 0.5) is 6.01 Å². The number of carboxylic acids is 1. The first-order chi connectivity index (χ1) is 9.52. The van der Waals surface area contributed by atoms with Crippen molar-refractivity contribution in [3.05, 3.63) is 5.89 Å². The first-order valence-corrected chi connectivity index (χ1v) is 6.29. The predicted molar refractivity (Wildman–Crippen MR) is 68.2 cm³/mol. The van der Waals surface area contributed by atoms with E-state index in [-0.39, 0.29) is 25.0 Å². The molecule has 0 unspecified atom stereocenters. The fraction of sp³-hybridized carbons (Fsp3) is 0.636. The Morgan fingerprint density at radius 1 is 1.20 bits per heavy atom. The number of amides is 1. The van der Waals surface area contributed by atoms with E-state index >= 15 is 0 Å². The van der Waals surface area contributed by atoms with Gasteiger partial charge in [0.1, 0.15) is 0 Å². The summed E-state index contributed by atoms with van der Waals surface area (Å²) in [6.07, 6.45) is 0. The van der Waals surface area contributed by atoms with Gasteiger partial charge in [-0.05, 0) is 0 Å². The van der Waals surface area contributed by atoms with Crippen LogP contribution in [0.15, 0.2) is 4.42 Å². The molecule has 0 bridgehead atoms. The number of rotatable bonds is 5. The van der Waals surface area contributed by atoms with Crippen molar-refractivity contribution in [2.75, 3.05) is 44.6 Å². The lowest BCUT2D eigenvalue weighted by Gasteiger charge is -2.33. The number of piperazine rings is 1. The second kappa shape index (κ2) is 6.44. The van der Waals surface area contributed by atoms with Crippen LogP contribution in [-0.2, 0) is 9.59 Å². The van der Waals surface area contributed by atoms with Crippen molar-refractivity contribution in [3.8, 4) is 0 Å². The third kappa shape index (κ3) is 4.28. The highest BCUT2D eigenvalue weighted by atomic mass is 16.4. The molecule has 1 fully saturated rings. The summed E-state index contributed by atoms with van der Waals surface area (Å²) in [7, 11) is 0. The van der Waals surface area contributed by atoms with Crippen LogP contribution in [0, 0.1) is 6.92 Å². The zero-order valence-electron chi connectivity index (χ0n) is 11.2. The number of carboxylic acid groups (broad SMARTS) is 1. The van der Waals surface area contributed by atoms with Gasteiger partial charge in [-0.25, -0.2) is 0 Å². The van der Waals surface area contributed by atoms with Gasteiger partial charge in [-0.2, -0.15) is 0 Å². The molecule has 2 heterocycles. The third-order valence-electron chi connectivity index (χ3n) is 2.96. The molecule has 1 aliphatic heterocycles. The van der Waals surface area contributed by atoms with Gasteiger partial charge in [0.25, 0.3) is 0 Å². The third-order valence-corrected chi connectivity index (χ3v) is 2.96. The monoisotopic (exact) mass is 283 g/mol. The van der Waals surface area contributed by atoms with E-state index in [9.17, 15) is 9.59 Å². The number of nitrogens with one attached hydrogen (secondary N) is 1. The van der Waals surface area contributed by atoms with Crippen molar-refractivity contribution < 1.29 is 19.1 Å². The molecular formula is C11H17N5O4. The van der Waals surface area contributed by atoms with Gasteiger partial charge in [0.2, 0.25) is 11.8 Å². The van der Waals surface area contributed by atoms with E-state index in [2.05, 4.69) is 15.5 Å². The maximum absolute atomic E-state index is 11.8. The van der Waals surface area contributed by atoms with Gasteiger partial charge in [0.15, 0.2) is 0 Å². The fourth-order valence-corrected chi connectivity index (χ4v) is 2.01. The number of aryl methyl sites for hydroxylation is 1. The molecule has 1 aromatic rings. The van der Waals surface area contributed by atoms with Crippen molar-refractivity contribution in [2.45, 2.75) is 6.92 Å². The van der Waals surface area contributed by atoms with E-state index in [0.717, 1.165) is 0 Å². The molecule has 0 saturated carbocycles. The van der Waals surface area contributed by atoms with Crippen LogP contribution in [0.5, 0.6) is 0 Å². The molecule has 1 aliphatic rings. The molecule has 0 atom stereocenters. The zero-order chi connectivity index (χ0) is 14.5. The maximum Gasteiger partial charge on any atom is 0.322 e. The number of aliphatic carboxylic acids is 1. The first kappa shape index (κ1) is 14.4. The van der Waals surface area contributed by atoms with Crippen LogP contribution in [0.2, 0.25) is 0 Å². The number of hydrogen-bond donors (Lipinski definition) is 2. The highest BCUT2D eigenvalue weighted by Crippen LogP contribution is 2.05. The lowest BCUT2D eigenvalue weighted by atomic mass is 10.3. The van der Waals surface area contributed by atoms with Crippen LogP contribution in [0.1, 0.15) is 5.89 Å². The summed E-state index contributed by atoms with van der Waals surface area (Å²) in [5, 5.41) is 18.5. The summed E-state index contributed by atoms with van der Waals surface area (Å²) in [5.74, 6) is -0.661. The van der Waals surface area contributed by atoms with E-state index in [0.29, 0.717) is 32.1 Å². The molecular weight excluding hydrogens is 266 g/mol. The van der Waals surface area contributed by atoms with E-state index < -0.39 is 5.97 Å². The Bertz CT molecular complexity index is 481. The van der Waals surface area contributed by atoms with E-state index in [1.165, 1.54) is 0 Å². The molecule has 9 nitrogen and oxygen atoms in total. The normalized spacial score (nSPS) is 17.1. The molecule has 1 amide bonds. The van der Waals surface area contributed by atoms with Gasteiger partial charge in [-0.1, -0.05) is 5.10 Å². The van der Waals surface area contributed by atoms with Crippen LogP contribution in [0.25, 0.3) is 0 Å². The Morgan fingerprint density at radius 2 is 1.80 bits per heavy atom. The SMILES string of the molecule is Cc1nnc(NC(=O)CN2CCN(CC(=O)O)CC2)o1. The molecule has 1 aromatic heterocycles. The summed E-state index contributed by atoms with van der Waals surface area (Å²) >= 11 is 0. The van der Waals surface area contributed by atoms with Gasteiger partial charge in [-0.15, -0.1) is 5.10 Å². The summed E-state index contributed by atoms with van der Waals surface area (Å²) in [4.78, 5) is 26.2. The van der Waals surface area contributed by atoms with Crippen molar-refractivity contribution >= 4 is 17.9 Å². The second-order valence-electron chi connectivity index (χ2n) is 4.62. The van der Waals surface area contributed by atoms with Gasteiger partial charge in [0.05, 0.1) is 13.1 Å². The van der Waals surface area contributed by atoms with Crippen molar-refractivity contribution in [1.82, 2.24) is 20.0 Å².